The zero-order chi connectivity index (χ0) is 13.1. The van der Waals surface area contributed by atoms with Crippen molar-refractivity contribution in [3.05, 3.63) is 0 Å². The second-order valence-corrected chi connectivity index (χ2v) is 10.3. The Bertz CT molecular complexity index is 285. The quantitative estimate of drug-likeness (QED) is 0.438. The molecule has 0 N–H and O–H groups in total. The molecular weight excluding hydrogens is 311 g/mol. The third-order valence-electron chi connectivity index (χ3n) is 2.16. The fraction of sp³-hybridized carbons (Fsp3) is 0.889. The van der Waals surface area contributed by atoms with Crippen LogP contribution in [0.3, 0.4) is 0 Å². The summed E-state index contributed by atoms with van der Waals surface area (Å²) in [6, 6.07) is 0. The molecule has 0 aromatic rings. The summed E-state index contributed by atoms with van der Waals surface area (Å²) < 4.78 is 9.34. The van der Waals surface area contributed by atoms with Gasteiger partial charge in [-0.15, -0.1) is 0 Å². The van der Waals surface area contributed by atoms with Crippen LogP contribution in [0.4, 0.5) is 0 Å². The fourth-order valence-electron chi connectivity index (χ4n) is 1.41. The highest BCUT2D eigenvalue weighted by atomic mass is 79.9. The van der Waals surface area contributed by atoms with Crippen LogP contribution in [0.1, 0.15) is 13.8 Å². The van der Waals surface area contributed by atoms with Crippen molar-refractivity contribution in [2.24, 2.45) is 0 Å². The van der Waals surface area contributed by atoms with E-state index >= 15 is 0 Å². The molecule has 0 aliphatic carbocycles. The van der Waals surface area contributed by atoms with Crippen molar-refractivity contribution < 1.29 is 9.53 Å². The van der Waals surface area contributed by atoms with Gasteiger partial charge < -0.3 is 4.74 Å². The van der Waals surface area contributed by atoms with Crippen LogP contribution in [-0.4, -0.2) is 54.2 Å². The minimum absolute atomic E-state index is 0.0204. The third kappa shape index (κ3) is 3.77. The van der Waals surface area contributed by atoms with Crippen LogP contribution < -0.4 is 0 Å². The molecule has 0 fully saturated rings. The van der Waals surface area contributed by atoms with Crippen LogP contribution >= 0.6 is 22.3 Å². The van der Waals surface area contributed by atoms with Crippen molar-refractivity contribution in [3.63, 3.8) is 0 Å². The molecule has 0 spiro atoms. The normalized spacial score (nSPS) is 16.3. The fourth-order valence-corrected chi connectivity index (χ4v) is 6.10. The smallest absolute Gasteiger partial charge is 0.303 e. The lowest BCUT2D eigenvalue weighted by molar-refractivity contribution is -0.142. The van der Waals surface area contributed by atoms with Crippen LogP contribution in [0.25, 0.3) is 0 Å². The summed E-state index contributed by atoms with van der Waals surface area (Å²) in [7, 11) is 7.69. The van der Waals surface area contributed by atoms with Crippen molar-refractivity contribution in [1.82, 2.24) is 9.34 Å². The maximum atomic E-state index is 11.1. The highest BCUT2D eigenvalue weighted by Gasteiger charge is 2.38. The predicted octanol–water partition coefficient (Wildman–Crippen LogP) is 2.09. The van der Waals surface area contributed by atoms with Crippen LogP contribution in [0, 0.1) is 0 Å². The van der Waals surface area contributed by atoms with Crippen LogP contribution in [-0.2, 0) is 21.3 Å². The Kier molecular flexibility index (Phi) is 6.66. The van der Waals surface area contributed by atoms with Gasteiger partial charge in [0.2, 0.25) is 0 Å². The van der Waals surface area contributed by atoms with E-state index in [-0.39, 0.29) is 16.6 Å². The first-order chi connectivity index (χ1) is 7.13. The number of nitrogens with zero attached hydrogens (tertiary/aromatic N) is 2. The van der Waals surface area contributed by atoms with E-state index in [1.54, 1.807) is 0 Å². The average molecular weight is 331 g/mol. The largest absolute Gasteiger partial charge is 0.453 e. The second-order valence-electron chi connectivity index (χ2n) is 3.96. The Morgan fingerprint density at radius 2 is 1.69 bits per heavy atom. The first-order valence-corrected chi connectivity index (χ1v) is 8.60. The van der Waals surface area contributed by atoms with E-state index in [1.165, 1.54) is 6.92 Å². The lowest BCUT2D eigenvalue weighted by Crippen LogP contribution is -2.36. The first-order valence-electron chi connectivity index (χ1n) is 4.90. The summed E-state index contributed by atoms with van der Waals surface area (Å²) in [6.07, 6.45) is -2.07. The Morgan fingerprint density at radius 1 is 1.31 bits per heavy atom. The molecule has 0 amide bonds. The van der Waals surface area contributed by atoms with Gasteiger partial charge in [-0.3, -0.25) is 14.1 Å². The maximum Gasteiger partial charge on any atom is 0.303 e. The Balaban J connectivity index is 5.28. The number of rotatable bonds is 5. The summed E-state index contributed by atoms with van der Waals surface area (Å²) in [4.78, 5) is 11.2. The van der Waals surface area contributed by atoms with Gasteiger partial charge in [-0.2, -0.15) is 0 Å². The zero-order valence-corrected chi connectivity index (χ0v) is 13.9. The molecule has 0 heterocycles. The summed E-state index contributed by atoms with van der Waals surface area (Å²) in [5.41, 5.74) is 0. The van der Waals surface area contributed by atoms with E-state index in [2.05, 4.69) is 15.9 Å². The summed E-state index contributed by atoms with van der Waals surface area (Å²) in [6.45, 7) is 3.36. The van der Waals surface area contributed by atoms with Gasteiger partial charge in [-0.25, -0.2) is 0 Å². The number of esters is 1. The van der Waals surface area contributed by atoms with Crippen molar-refractivity contribution in [3.8, 4) is 0 Å². The highest BCUT2D eigenvalue weighted by Crippen LogP contribution is 2.57. The number of ether oxygens (including phenoxy) is 1. The van der Waals surface area contributed by atoms with Crippen LogP contribution in [0.2, 0.25) is 0 Å². The molecule has 2 atom stereocenters. The van der Waals surface area contributed by atoms with Crippen molar-refractivity contribution in [2.45, 2.75) is 24.5 Å². The second kappa shape index (κ2) is 6.45. The van der Waals surface area contributed by atoms with Crippen molar-refractivity contribution in [1.29, 1.82) is 0 Å². The molecule has 0 aromatic carbocycles. The van der Waals surface area contributed by atoms with E-state index in [9.17, 15) is 4.79 Å². The van der Waals surface area contributed by atoms with Crippen molar-refractivity contribution >= 4 is 40.0 Å². The van der Waals surface area contributed by atoms with Crippen LogP contribution in [0.15, 0.2) is 0 Å². The number of carbonyl (C=O) groups excluding carboxylic acids is 1. The van der Waals surface area contributed by atoms with Gasteiger partial charge in [0, 0.05) is 6.92 Å². The highest BCUT2D eigenvalue weighted by molar-refractivity contribution is 9.09. The zero-order valence-electron chi connectivity index (χ0n) is 10.6. The molecule has 7 heteroatoms. The molecule has 0 radical (unpaired) electrons. The van der Waals surface area contributed by atoms with Gasteiger partial charge in [-0.05, 0) is 35.1 Å². The van der Waals surface area contributed by atoms with E-state index in [0.29, 0.717) is 0 Å². The molecule has 0 aromatic heterocycles. The molecule has 2 unspecified atom stereocenters. The third-order valence-corrected chi connectivity index (χ3v) is 9.14. The van der Waals surface area contributed by atoms with E-state index < -0.39 is 6.34 Å². The summed E-state index contributed by atoms with van der Waals surface area (Å²) in [5.74, 6) is -0.612. The van der Waals surface area contributed by atoms with E-state index in [0.717, 1.165) is 0 Å². The molecule has 0 aliphatic rings. The van der Waals surface area contributed by atoms with E-state index in [4.69, 9.17) is 16.5 Å². The minimum Gasteiger partial charge on any atom is -0.453 e. The molecule has 0 bridgehead atoms. The summed E-state index contributed by atoms with van der Waals surface area (Å²) in [5, 5.41) is 0. The molecule has 0 rings (SSSR count). The lowest BCUT2D eigenvalue weighted by atomic mass is 10.5. The predicted molar refractivity (Wildman–Crippen MR) is 75.6 cm³/mol. The number of hydrogen-bond donors (Lipinski definition) is 0. The standard InChI is InChI=1S/C9H20BrN2O2PS/c1-7(10)9(14-8(2)13)15(16,11(3)4)12(5)6/h7,9H,1-6H3. The minimum atomic E-state index is -2.07. The van der Waals surface area contributed by atoms with Crippen LogP contribution in [0.5, 0.6) is 0 Å². The molecule has 96 valence electrons. The number of hydrogen-bond acceptors (Lipinski definition) is 3. The monoisotopic (exact) mass is 330 g/mol. The summed E-state index contributed by atoms with van der Waals surface area (Å²) >= 11 is 9.19. The van der Waals surface area contributed by atoms with Gasteiger partial charge >= 0.3 is 5.97 Å². The van der Waals surface area contributed by atoms with Crippen molar-refractivity contribution in [2.75, 3.05) is 28.2 Å². The Labute approximate surface area is 112 Å². The van der Waals surface area contributed by atoms with Gasteiger partial charge in [0.05, 0.1) is 4.83 Å². The SMILES string of the molecule is CC(=O)OC(C(C)Br)P(=S)(N(C)C)N(C)C. The van der Waals surface area contributed by atoms with E-state index in [1.807, 2.05) is 44.5 Å². The molecular formula is C9H20BrN2O2PS. The molecule has 0 saturated heterocycles. The molecule has 4 nitrogen and oxygen atoms in total. The first kappa shape index (κ1) is 16.5. The average Bonchev–Trinajstić information content (AvgIpc) is 2.11. The van der Waals surface area contributed by atoms with Gasteiger partial charge in [-0.1, -0.05) is 27.7 Å². The maximum absolute atomic E-state index is 11.1. The lowest BCUT2D eigenvalue weighted by Gasteiger charge is -2.41. The van der Waals surface area contributed by atoms with Gasteiger partial charge in [0.1, 0.15) is 6.34 Å². The van der Waals surface area contributed by atoms with Gasteiger partial charge in [0.15, 0.2) is 5.85 Å². The Morgan fingerprint density at radius 3 is 1.88 bits per heavy atom. The number of carbonyl (C=O) groups is 1. The number of alkyl halides is 1. The molecule has 0 aliphatic heterocycles. The number of halogens is 1. The molecule has 16 heavy (non-hydrogen) atoms. The molecule has 0 saturated carbocycles. The topological polar surface area (TPSA) is 32.8 Å². The van der Waals surface area contributed by atoms with Gasteiger partial charge in [0.25, 0.3) is 0 Å². The Hall–Kier alpha value is 0.520.